The predicted octanol–water partition coefficient (Wildman–Crippen LogP) is 4.05. The lowest BCUT2D eigenvalue weighted by Gasteiger charge is -2.24. The van der Waals surface area contributed by atoms with Crippen LogP contribution in [0.3, 0.4) is 0 Å². The number of aliphatic hydroxyl groups is 1. The number of hydrogen-bond acceptors (Lipinski definition) is 5. The van der Waals surface area contributed by atoms with Gasteiger partial charge < -0.3 is 15.3 Å². The van der Waals surface area contributed by atoms with Crippen molar-refractivity contribution in [2.24, 2.45) is 0 Å². The first kappa shape index (κ1) is 17.6. The van der Waals surface area contributed by atoms with Crippen LogP contribution < -0.4 is 5.32 Å². The Morgan fingerprint density at radius 2 is 2.27 bits per heavy atom. The van der Waals surface area contributed by atoms with E-state index in [2.05, 4.69) is 32.9 Å². The fraction of sp³-hybridized carbons (Fsp3) is 0.222. The van der Waals surface area contributed by atoms with E-state index in [4.69, 9.17) is 0 Å². The fourth-order valence-electron chi connectivity index (χ4n) is 3.33. The maximum Gasteiger partial charge on any atom is 0.210 e. The number of fused-ring (bicyclic) bond motifs is 1. The van der Waals surface area contributed by atoms with Crippen molar-refractivity contribution in [2.75, 3.05) is 11.9 Å². The summed E-state index contributed by atoms with van der Waals surface area (Å²) in [4.78, 5) is 18.2. The maximum atomic E-state index is 14.3. The Kier molecular flexibility index (Phi) is 4.80. The molecule has 0 radical (unpaired) electrons. The van der Waals surface area contributed by atoms with Crippen molar-refractivity contribution in [3.05, 3.63) is 51.5 Å². The molecule has 2 atom stereocenters. The van der Waals surface area contributed by atoms with Crippen molar-refractivity contribution in [3.63, 3.8) is 0 Å². The summed E-state index contributed by atoms with van der Waals surface area (Å²) in [6.07, 6.45) is 2.30. The van der Waals surface area contributed by atoms with Gasteiger partial charge in [-0.15, -0.1) is 0 Å². The summed E-state index contributed by atoms with van der Waals surface area (Å²) >= 11 is 3.45. The average Bonchev–Trinajstić information content (AvgIpc) is 3.16. The third-order valence-corrected chi connectivity index (χ3v) is 6.24. The van der Waals surface area contributed by atoms with Gasteiger partial charge in [0.1, 0.15) is 15.6 Å². The average molecular weight is 483 g/mol. The molecule has 0 spiro atoms. The third-order valence-electron chi connectivity index (χ3n) is 4.52. The minimum absolute atomic E-state index is 0.350. The zero-order valence-electron chi connectivity index (χ0n) is 13.5. The van der Waals surface area contributed by atoms with Crippen molar-refractivity contribution in [1.29, 1.82) is 0 Å². The SMILES string of the molecule is O=CN1CC[C@H](O)C1c1c(Nc2ccc(I)cc2F)sc2ncccc12. The molecule has 3 heterocycles. The summed E-state index contributed by atoms with van der Waals surface area (Å²) < 4.78 is 15.1. The molecule has 1 unspecified atom stereocenters. The highest BCUT2D eigenvalue weighted by Crippen LogP contribution is 2.45. The molecule has 3 aromatic rings. The van der Waals surface area contributed by atoms with Crippen LogP contribution in [0.4, 0.5) is 15.1 Å². The van der Waals surface area contributed by atoms with Gasteiger partial charge in [-0.1, -0.05) is 11.3 Å². The molecule has 0 aliphatic carbocycles. The van der Waals surface area contributed by atoms with Gasteiger partial charge in [0.2, 0.25) is 6.41 Å². The standard InChI is InChI=1S/C18H15FIN3O2S/c19-12-8-10(20)3-4-13(12)22-18-15(11-2-1-6-21-17(11)26-18)16-14(25)5-7-23(16)9-24/h1-4,6,8-9,14,16,22,25H,5,7H2/t14-,16?/m0/s1. The minimum Gasteiger partial charge on any atom is -0.391 e. The number of nitrogens with one attached hydrogen (secondary N) is 1. The molecule has 26 heavy (non-hydrogen) atoms. The van der Waals surface area contributed by atoms with E-state index in [0.717, 1.165) is 25.8 Å². The van der Waals surface area contributed by atoms with E-state index in [9.17, 15) is 14.3 Å². The molecule has 1 fully saturated rings. The zero-order valence-corrected chi connectivity index (χ0v) is 16.5. The number of likely N-dealkylation sites (tertiary alicyclic amines) is 1. The Hall–Kier alpha value is -1.78. The highest BCUT2D eigenvalue weighted by atomic mass is 127. The molecule has 8 heteroatoms. The summed E-state index contributed by atoms with van der Waals surface area (Å²) in [5, 5.41) is 15.2. The second-order valence-corrected chi connectivity index (χ2v) is 8.34. The van der Waals surface area contributed by atoms with Crippen molar-refractivity contribution in [3.8, 4) is 0 Å². The van der Waals surface area contributed by atoms with Crippen LogP contribution in [0.15, 0.2) is 36.5 Å². The monoisotopic (exact) mass is 483 g/mol. The first-order valence-corrected chi connectivity index (χ1v) is 9.96. The van der Waals surface area contributed by atoms with Crippen LogP contribution in [0, 0.1) is 9.39 Å². The van der Waals surface area contributed by atoms with Gasteiger partial charge in [0.25, 0.3) is 0 Å². The highest BCUT2D eigenvalue weighted by molar-refractivity contribution is 14.1. The van der Waals surface area contributed by atoms with Crippen molar-refractivity contribution >= 4 is 61.2 Å². The number of amides is 1. The van der Waals surface area contributed by atoms with Crippen LogP contribution in [0.25, 0.3) is 10.2 Å². The summed E-state index contributed by atoms with van der Waals surface area (Å²) in [7, 11) is 0. The number of carbonyl (C=O) groups excluding carboxylic acids is 1. The van der Waals surface area contributed by atoms with Crippen molar-refractivity contribution < 1.29 is 14.3 Å². The number of aromatic nitrogens is 1. The van der Waals surface area contributed by atoms with E-state index in [0.29, 0.717) is 23.7 Å². The van der Waals surface area contributed by atoms with E-state index in [1.807, 2.05) is 18.2 Å². The van der Waals surface area contributed by atoms with Gasteiger partial charge in [0.15, 0.2) is 0 Å². The highest BCUT2D eigenvalue weighted by Gasteiger charge is 2.37. The number of thiophene rings is 1. The summed E-state index contributed by atoms with van der Waals surface area (Å²) in [6.45, 7) is 0.490. The van der Waals surface area contributed by atoms with Crippen LogP contribution in [0.1, 0.15) is 18.0 Å². The van der Waals surface area contributed by atoms with Crippen LogP contribution in [0.2, 0.25) is 0 Å². The number of anilines is 2. The minimum atomic E-state index is -0.666. The Labute approximate surface area is 167 Å². The number of halogens is 2. The third kappa shape index (κ3) is 3.06. The number of carbonyl (C=O) groups is 1. The van der Waals surface area contributed by atoms with Crippen LogP contribution >= 0.6 is 33.9 Å². The van der Waals surface area contributed by atoms with E-state index in [-0.39, 0.29) is 5.82 Å². The molecule has 1 aliphatic heterocycles. The smallest absolute Gasteiger partial charge is 0.210 e. The molecule has 134 valence electrons. The van der Waals surface area contributed by atoms with E-state index in [1.165, 1.54) is 17.4 Å². The van der Waals surface area contributed by atoms with Gasteiger partial charge in [0.05, 0.1) is 17.8 Å². The first-order valence-electron chi connectivity index (χ1n) is 8.07. The Morgan fingerprint density at radius 1 is 1.42 bits per heavy atom. The van der Waals surface area contributed by atoms with Crippen LogP contribution in [0.5, 0.6) is 0 Å². The van der Waals surface area contributed by atoms with Crippen LogP contribution in [-0.2, 0) is 4.79 Å². The summed E-state index contributed by atoms with van der Waals surface area (Å²) in [6, 6.07) is 8.22. The van der Waals surface area contributed by atoms with Crippen molar-refractivity contribution in [1.82, 2.24) is 9.88 Å². The van der Waals surface area contributed by atoms with Gasteiger partial charge in [-0.25, -0.2) is 9.37 Å². The lowest BCUT2D eigenvalue weighted by Crippen LogP contribution is -2.26. The Balaban J connectivity index is 1.85. The Bertz CT molecular complexity index is 980. The second kappa shape index (κ2) is 7.09. The number of aliphatic hydroxyl groups excluding tert-OH is 1. The maximum absolute atomic E-state index is 14.3. The van der Waals surface area contributed by atoms with Gasteiger partial charge in [0, 0.05) is 27.3 Å². The molecule has 5 nitrogen and oxygen atoms in total. The van der Waals surface area contributed by atoms with Gasteiger partial charge >= 0.3 is 0 Å². The molecule has 4 rings (SSSR count). The van der Waals surface area contributed by atoms with Gasteiger partial charge in [-0.2, -0.15) is 0 Å². The molecule has 1 amide bonds. The largest absolute Gasteiger partial charge is 0.391 e. The second-order valence-electron chi connectivity index (χ2n) is 6.09. The van der Waals surface area contributed by atoms with E-state index < -0.39 is 12.1 Å². The normalized spacial score (nSPS) is 19.9. The molecule has 1 aromatic carbocycles. The number of benzene rings is 1. The zero-order chi connectivity index (χ0) is 18.3. The number of rotatable bonds is 4. The first-order chi connectivity index (χ1) is 12.6. The lowest BCUT2D eigenvalue weighted by atomic mass is 10.0. The molecular weight excluding hydrogens is 468 g/mol. The summed E-state index contributed by atoms with van der Waals surface area (Å²) in [5.74, 6) is -0.354. The van der Waals surface area contributed by atoms with Gasteiger partial charge in [-0.05, 0) is 59.3 Å². The number of nitrogens with zero attached hydrogens (tertiary/aromatic N) is 2. The van der Waals surface area contributed by atoms with Gasteiger partial charge in [-0.3, -0.25) is 4.79 Å². The number of hydrogen-bond donors (Lipinski definition) is 2. The molecule has 0 bridgehead atoms. The molecule has 0 saturated carbocycles. The molecular formula is C18H15FIN3O2S. The molecule has 1 aliphatic rings. The molecule has 1 saturated heterocycles. The predicted molar refractivity (Wildman–Crippen MR) is 108 cm³/mol. The van der Waals surface area contributed by atoms with E-state index in [1.54, 1.807) is 17.2 Å². The molecule has 2 aromatic heterocycles. The van der Waals surface area contributed by atoms with E-state index >= 15 is 0 Å². The fourth-order valence-corrected chi connectivity index (χ4v) is 4.88. The number of pyridine rings is 1. The molecule has 2 N–H and O–H groups in total. The summed E-state index contributed by atoms with van der Waals surface area (Å²) in [5.41, 5.74) is 1.14. The Morgan fingerprint density at radius 3 is 3.04 bits per heavy atom. The quantitative estimate of drug-likeness (QED) is 0.434. The topological polar surface area (TPSA) is 65.5 Å². The lowest BCUT2D eigenvalue weighted by molar-refractivity contribution is -0.119. The van der Waals surface area contributed by atoms with Crippen LogP contribution in [-0.4, -0.2) is 34.0 Å². The van der Waals surface area contributed by atoms with Crippen molar-refractivity contribution in [2.45, 2.75) is 18.6 Å².